The minimum absolute atomic E-state index is 0.0443. The number of aryl methyl sites for hydroxylation is 1. The van der Waals surface area contributed by atoms with Crippen LogP contribution in [0.4, 0.5) is 23.1 Å². The molecule has 43 heavy (non-hydrogen) atoms. The summed E-state index contributed by atoms with van der Waals surface area (Å²) in [6.07, 6.45) is 6.98. The Labute approximate surface area is 261 Å². The molecule has 0 saturated heterocycles. The van der Waals surface area contributed by atoms with Gasteiger partial charge in [-0.15, -0.1) is 0 Å². The number of sulfone groups is 1. The fourth-order valence-corrected chi connectivity index (χ4v) is 6.78. The molecule has 0 spiro atoms. The lowest BCUT2D eigenvalue weighted by atomic mass is 9.87. The molecule has 0 unspecified atom stereocenters. The number of ether oxygens (including phenoxy) is 1. The topological polar surface area (TPSA) is 96.4 Å². The van der Waals surface area contributed by atoms with E-state index in [0.29, 0.717) is 29.5 Å². The van der Waals surface area contributed by atoms with Crippen molar-refractivity contribution in [3.8, 4) is 5.75 Å². The molecule has 2 N–H and O–H groups in total. The summed E-state index contributed by atoms with van der Waals surface area (Å²) in [4.78, 5) is 11.7. The number of benzene rings is 2. The van der Waals surface area contributed by atoms with E-state index in [1.54, 1.807) is 38.1 Å². The summed E-state index contributed by atoms with van der Waals surface area (Å²) in [5, 5.41) is 6.12. The predicted molar refractivity (Wildman–Crippen MR) is 178 cm³/mol. The molecule has 2 heterocycles. The van der Waals surface area contributed by atoms with Crippen molar-refractivity contribution < 1.29 is 13.2 Å². The summed E-state index contributed by atoms with van der Waals surface area (Å²) >= 11 is 6.47. The Bertz CT molecular complexity index is 1590. The normalized spacial score (nSPS) is 17.7. The number of nitrogens with zero attached hydrogens (tertiary/aromatic N) is 3. The first-order valence-electron chi connectivity index (χ1n) is 15.0. The Morgan fingerprint density at radius 2 is 1.79 bits per heavy atom. The molecule has 3 aromatic rings. The summed E-state index contributed by atoms with van der Waals surface area (Å²) in [7, 11) is -1.31. The first-order valence-corrected chi connectivity index (χ1v) is 16.9. The molecule has 2 aromatic carbocycles. The molecule has 0 aliphatic carbocycles. The second kappa shape index (κ2) is 13.7. The van der Waals surface area contributed by atoms with Gasteiger partial charge >= 0.3 is 0 Å². The fourth-order valence-electron chi connectivity index (χ4n) is 5.44. The highest BCUT2D eigenvalue weighted by Gasteiger charge is 2.28. The molecule has 0 saturated carbocycles. The van der Waals surface area contributed by atoms with E-state index >= 15 is 0 Å². The van der Waals surface area contributed by atoms with E-state index in [4.69, 9.17) is 16.3 Å². The molecule has 232 valence electrons. The van der Waals surface area contributed by atoms with Gasteiger partial charge in [0.15, 0.2) is 15.7 Å². The van der Waals surface area contributed by atoms with E-state index < -0.39 is 15.1 Å². The third kappa shape index (κ3) is 7.33. The van der Waals surface area contributed by atoms with E-state index in [0.717, 1.165) is 30.5 Å². The number of aromatic nitrogens is 2. The second-order valence-electron chi connectivity index (χ2n) is 11.7. The summed E-state index contributed by atoms with van der Waals surface area (Å²) < 4.78 is 32.3. The van der Waals surface area contributed by atoms with Gasteiger partial charge in [0.1, 0.15) is 10.8 Å². The molecule has 8 nitrogen and oxygen atoms in total. The van der Waals surface area contributed by atoms with Crippen LogP contribution in [-0.2, 0) is 9.84 Å². The second-order valence-corrected chi connectivity index (χ2v) is 14.5. The molecule has 0 amide bonds. The summed E-state index contributed by atoms with van der Waals surface area (Å²) in [6, 6.07) is 11.8. The molecule has 1 aliphatic heterocycles. The number of rotatable bonds is 11. The molecule has 0 bridgehead atoms. The molecule has 1 aliphatic rings. The van der Waals surface area contributed by atoms with Gasteiger partial charge in [-0.3, -0.25) is 4.90 Å². The monoisotopic (exact) mass is 625 g/mol. The van der Waals surface area contributed by atoms with Crippen LogP contribution >= 0.6 is 11.6 Å². The smallest absolute Gasteiger partial charge is 0.229 e. The molecule has 0 fully saturated rings. The van der Waals surface area contributed by atoms with Crippen molar-refractivity contribution in [2.75, 3.05) is 17.7 Å². The summed E-state index contributed by atoms with van der Waals surface area (Å²) in [6.45, 7) is 13.9. The molecule has 2 atom stereocenters. The maximum absolute atomic E-state index is 13.0. The van der Waals surface area contributed by atoms with Gasteiger partial charge in [-0.25, -0.2) is 13.4 Å². The van der Waals surface area contributed by atoms with Gasteiger partial charge in [-0.2, -0.15) is 4.98 Å². The number of hydrogen-bond acceptors (Lipinski definition) is 8. The van der Waals surface area contributed by atoms with E-state index in [-0.39, 0.29) is 21.8 Å². The maximum Gasteiger partial charge on any atom is 0.229 e. The SMILES string of the molecule is CC[C@H]1CC(c2cc(OC(C)C)c(Nc3ncc(Cl)c(Nc4ccccc4S(=O)(=O)C(C)C)n3)cc2C)=C[C@@H](CC)N1C. The van der Waals surface area contributed by atoms with Crippen LogP contribution in [0.3, 0.4) is 0 Å². The van der Waals surface area contributed by atoms with Crippen molar-refractivity contribution in [2.45, 2.75) is 96.1 Å². The zero-order valence-corrected chi connectivity index (χ0v) is 28.0. The lowest BCUT2D eigenvalue weighted by molar-refractivity contribution is 0.186. The first kappa shape index (κ1) is 32.8. The van der Waals surface area contributed by atoms with E-state index in [2.05, 4.69) is 71.5 Å². The number of likely N-dealkylation sites (N-methyl/N-ethyl adjacent to an activating group) is 1. The Morgan fingerprint density at radius 3 is 2.44 bits per heavy atom. The first-order chi connectivity index (χ1) is 20.3. The highest BCUT2D eigenvalue weighted by molar-refractivity contribution is 7.92. The minimum Gasteiger partial charge on any atom is -0.489 e. The number of hydrogen-bond donors (Lipinski definition) is 2. The minimum atomic E-state index is -3.54. The Hall–Kier alpha value is -3.14. The largest absolute Gasteiger partial charge is 0.489 e. The van der Waals surface area contributed by atoms with Crippen LogP contribution in [0.25, 0.3) is 5.57 Å². The van der Waals surface area contributed by atoms with Gasteiger partial charge in [0.2, 0.25) is 5.95 Å². The van der Waals surface area contributed by atoms with Gasteiger partial charge in [-0.1, -0.05) is 43.7 Å². The summed E-state index contributed by atoms with van der Waals surface area (Å²) in [5.74, 6) is 1.29. The van der Waals surface area contributed by atoms with Crippen LogP contribution in [0, 0.1) is 6.92 Å². The zero-order chi connectivity index (χ0) is 31.5. The Balaban J connectivity index is 1.70. The standard InChI is InChI=1S/C33H44ClN5O3S/c1-9-24-16-23(17-25(10-2)39(24)8)26-18-30(42-20(3)4)29(15-22(26)7)37-33-35-19-27(34)32(38-33)36-28-13-11-12-14-31(28)43(40,41)21(5)6/h11-16,18-21,24-25H,9-10,17H2,1-8H3,(H2,35,36,37,38)/t24-,25+/m1/s1. The average Bonchev–Trinajstić information content (AvgIpc) is 2.96. The third-order valence-electron chi connectivity index (χ3n) is 7.93. The van der Waals surface area contributed by atoms with Crippen LogP contribution < -0.4 is 15.4 Å². The molecule has 4 rings (SSSR count). The van der Waals surface area contributed by atoms with Crippen LogP contribution in [0.1, 0.15) is 71.9 Å². The van der Waals surface area contributed by atoms with Gasteiger partial charge in [0, 0.05) is 12.1 Å². The van der Waals surface area contributed by atoms with Crippen molar-refractivity contribution >= 4 is 50.2 Å². The van der Waals surface area contributed by atoms with Crippen LogP contribution in [0.5, 0.6) is 5.75 Å². The number of halogens is 1. The Morgan fingerprint density at radius 1 is 1.07 bits per heavy atom. The highest BCUT2D eigenvalue weighted by atomic mass is 35.5. The van der Waals surface area contributed by atoms with Crippen molar-refractivity contribution in [3.05, 3.63) is 64.8 Å². The van der Waals surface area contributed by atoms with Gasteiger partial charge in [0.25, 0.3) is 0 Å². The van der Waals surface area contributed by atoms with Crippen molar-refractivity contribution in [1.29, 1.82) is 0 Å². The fraction of sp³-hybridized carbons (Fsp3) is 0.455. The van der Waals surface area contributed by atoms with Crippen LogP contribution in [0.15, 0.2) is 53.6 Å². The van der Waals surface area contributed by atoms with Crippen molar-refractivity contribution in [3.63, 3.8) is 0 Å². The van der Waals surface area contributed by atoms with E-state index in [1.165, 1.54) is 17.3 Å². The summed E-state index contributed by atoms with van der Waals surface area (Å²) in [5.41, 5.74) is 4.79. The van der Waals surface area contributed by atoms with E-state index in [1.807, 2.05) is 13.8 Å². The van der Waals surface area contributed by atoms with Crippen LogP contribution in [-0.4, -0.2) is 53.8 Å². The predicted octanol–water partition coefficient (Wildman–Crippen LogP) is 8.17. The molecule has 10 heteroatoms. The molecular formula is C33H44ClN5O3S. The molecule has 0 radical (unpaired) electrons. The molecule has 1 aromatic heterocycles. The lowest BCUT2D eigenvalue weighted by Gasteiger charge is -2.38. The van der Waals surface area contributed by atoms with E-state index in [9.17, 15) is 8.42 Å². The maximum atomic E-state index is 13.0. The van der Waals surface area contributed by atoms with Gasteiger partial charge in [-0.05, 0) is 102 Å². The van der Waals surface area contributed by atoms with Crippen molar-refractivity contribution in [1.82, 2.24) is 14.9 Å². The highest BCUT2D eigenvalue weighted by Crippen LogP contribution is 2.39. The number of para-hydroxylation sites is 1. The quantitative estimate of drug-likeness (QED) is 0.220. The number of anilines is 4. The average molecular weight is 626 g/mol. The Kier molecular flexibility index (Phi) is 10.4. The van der Waals surface area contributed by atoms with Gasteiger partial charge < -0.3 is 15.4 Å². The van der Waals surface area contributed by atoms with Crippen molar-refractivity contribution in [2.24, 2.45) is 0 Å². The van der Waals surface area contributed by atoms with Crippen LogP contribution in [0.2, 0.25) is 5.02 Å². The lowest BCUT2D eigenvalue weighted by Crippen LogP contribution is -2.41. The van der Waals surface area contributed by atoms with Gasteiger partial charge in [0.05, 0.1) is 33.8 Å². The number of nitrogens with one attached hydrogen (secondary N) is 2. The zero-order valence-electron chi connectivity index (χ0n) is 26.4. The third-order valence-corrected chi connectivity index (χ3v) is 10.4. The molecular weight excluding hydrogens is 582 g/mol.